The van der Waals surface area contributed by atoms with Gasteiger partial charge in [0.15, 0.2) is 0 Å². The van der Waals surface area contributed by atoms with Crippen molar-refractivity contribution < 1.29 is 8.42 Å². The van der Waals surface area contributed by atoms with Gasteiger partial charge in [0.1, 0.15) is 4.21 Å². The molecule has 15 heavy (non-hydrogen) atoms. The molecule has 2 rings (SSSR count). The molecule has 2 heterocycles. The first-order valence-electron chi connectivity index (χ1n) is 5.25. The predicted octanol–water partition coefficient (Wildman–Crippen LogP) is 2.31. The van der Waals surface area contributed by atoms with E-state index < -0.39 is 10.0 Å². The highest BCUT2D eigenvalue weighted by Gasteiger charge is 2.25. The van der Waals surface area contributed by atoms with Crippen LogP contribution < -0.4 is 0 Å². The molecule has 1 aromatic rings. The van der Waals surface area contributed by atoms with Crippen molar-refractivity contribution in [1.29, 1.82) is 0 Å². The summed E-state index contributed by atoms with van der Waals surface area (Å²) in [5.41, 5.74) is 0. The van der Waals surface area contributed by atoms with Crippen LogP contribution in [0.5, 0.6) is 0 Å². The van der Waals surface area contributed by atoms with E-state index in [1.165, 1.54) is 11.3 Å². The van der Waals surface area contributed by atoms with E-state index in [4.69, 9.17) is 0 Å². The number of nitrogens with zero attached hydrogens (tertiary/aromatic N) is 1. The van der Waals surface area contributed by atoms with E-state index in [9.17, 15) is 8.42 Å². The van der Waals surface area contributed by atoms with Crippen LogP contribution in [0.4, 0.5) is 0 Å². The first-order chi connectivity index (χ1) is 7.21. The SMILES string of the molecule is O=S(=O)(c1cccs1)N1CCCCCC1. The molecule has 1 fully saturated rings. The fourth-order valence-corrected chi connectivity index (χ4v) is 4.48. The van der Waals surface area contributed by atoms with Gasteiger partial charge in [0.05, 0.1) is 0 Å². The van der Waals surface area contributed by atoms with Gasteiger partial charge < -0.3 is 0 Å². The molecule has 3 nitrogen and oxygen atoms in total. The second-order valence-corrected chi connectivity index (χ2v) is 6.86. The summed E-state index contributed by atoms with van der Waals surface area (Å²) in [6.07, 6.45) is 4.28. The molecule has 5 heteroatoms. The first-order valence-corrected chi connectivity index (χ1v) is 7.57. The van der Waals surface area contributed by atoms with Crippen LogP contribution in [0, 0.1) is 0 Å². The summed E-state index contributed by atoms with van der Waals surface area (Å²) in [6, 6.07) is 3.47. The normalized spacial score (nSPS) is 20.0. The molecule has 0 unspecified atom stereocenters. The van der Waals surface area contributed by atoms with E-state index in [0.29, 0.717) is 17.3 Å². The molecule has 0 amide bonds. The Bertz CT molecular complexity index is 389. The molecule has 0 radical (unpaired) electrons. The highest BCUT2D eigenvalue weighted by atomic mass is 32.2. The van der Waals surface area contributed by atoms with Gasteiger partial charge >= 0.3 is 0 Å². The van der Waals surface area contributed by atoms with Crippen LogP contribution in [0.3, 0.4) is 0 Å². The average molecular weight is 245 g/mol. The molecule has 1 aliphatic heterocycles. The molecule has 0 saturated carbocycles. The van der Waals surface area contributed by atoms with Crippen LogP contribution in [-0.4, -0.2) is 25.8 Å². The minimum Gasteiger partial charge on any atom is -0.206 e. The third kappa shape index (κ3) is 2.41. The first kappa shape index (κ1) is 11.1. The van der Waals surface area contributed by atoms with Gasteiger partial charge in [-0.2, -0.15) is 4.31 Å². The maximum atomic E-state index is 12.1. The summed E-state index contributed by atoms with van der Waals surface area (Å²) >= 11 is 1.30. The molecule has 0 N–H and O–H groups in total. The third-order valence-electron chi connectivity index (χ3n) is 2.65. The molecule has 0 atom stereocenters. The summed E-state index contributed by atoms with van der Waals surface area (Å²) < 4.78 is 26.4. The lowest BCUT2D eigenvalue weighted by Gasteiger charge is -2.18. The maximum absolute atomic E-state index is 12.1. The predicted molar refractivity (Wildman–Crippen MR) is 61.5 cm³/mol. The van der Waals surface area contributed by atoms with Crippen LogP contribution in [0.2, 0.25) is 0 Å². The maximum Gasteiger partial charge on any atom is 0.252 e. The Balaban J connectivity index is 2.21. The van der Waals surface area contributed by atoms with Gasteiger partial charge in [-0.1, -0.05) is 18.9 Å². The van der Waals surface area contributed by atoms with Gasteiger partial charge in [0.25, 0.3) is 10.0 Å². The minimum absolute atomic E-state index is 0.476. The zero-order valence-corrected chi connectivity index (χ0v) is 10.2. The van der Waals surface area contributed by atoms with Crippen molar-refractivity contribution in [1.82, 2.24) is 4.31 Å². The molecular weight excluding hydrogens is 230 g/mol. The lowest BCUT2D eigenvalue weighted by molar-refractivity contribution is 0.425. The minimum atomic E-state index is -3.19. The second kappa shape index (κ2) is 4.63. The van der Waals surface area contributed by atoms with Crippen LogP contribution in [0.15, 0.2) is 21.7 Å². The molecule has 0 aliphatic carbocycles. The lowest BCUT2D eigenvalue weighted by Crippen LogP contribution is -2.31. The fraction of sp³-hybridized carbons (Fsp3) is 0.600. The largest absolute Gasteiger partial charge is 0.252 e. The molecule has 0 aromatic carbocycles. The second-order valence-electron chi connectivity index (χ2n) is 3.75. The highest BCUT2D eigenvalue weighted by Crippen LogP contribution is 2.23. The Kier molecular flexibility index (Phi) is 3.43. The summed E-state index contributed by atoms with van der Waals surface area (Å²) in [4.78, 5) is 0. The van der Waals surface area contributed by atoms with Crippen molar-refractivity contribution in [3.63, 3.8) is 0 Å². The van der Waals surface area contributed by atoms with Crippen molar-refractivity contribution in [3.05, 3.63) is 17.5 Å². The van der Waals surface area contributed by atoms with Crippen LogP contribution in [-0.2, 0) is 10.0 Å². The van der Waals surface area contributed by atoms with Crippen molar-refractivity contribution in [2.24, 2.45) is 0 Å². The quantitative estimate of drug-likeness (QED) is 0.802. The Morgan fingerprint density at radius 1 is 1.13 bits per heavy atom. The van der Waals surface area contributed by atoms with Crippen LogP contribution in [0.25, 0.3) is 0 Å². The summed E-state index contributed by atoms with van der Waals surface area (Å²) in [5, 5.41) is 1.81. The number of sulfonamides is 1. The summed E-state index contributed by atoms with van der Waals surface area (Å²) in [6.45, 7) is 1.36. The standard InChI is InChI=1S/C10H15NO2S2/c12-15(13,10-6-5-9-14-10)11-7-3-1-2-4-8-11/h5-6,9H,1-4,7-8H2. The van der Waals surface area contributed by atoms with Gasteiger partial charge in [-0.05, 0) is 24.3 Å². The van der Waals surface area contributed by atoms with E-state index in [0.717, 1.165) is 25.7 Å². The highest BCUT2D eigenvalue weighted by molar-refractivity contribution is 7.91. The Hall–Kier alpha value is -0.390. The summed E-state index contributed by atoms with van der Waals surface area (Å²) in [7, 11) is -3.19. The van der Waals surface area contributed by atoms with Gasteiger partial charge in [-0.25, -0.2) is 8.42 Å². The van der Waals surface area contributed by atoms with Crippen LogP contribution in [0.1, 0.15) is 25.7 Å². The van der Waals surface area contributed by atoms with Gasteiger partial charge in [-0.3, -0.25) is 0 Å². The fourth-order valence-electron chi connectivity index (χ4n) is 1.82. The number of hydrogen-bond donors (Lipinski definition) is 0. The summed E-state index contributed by atoms with van der Waals surface area (Å²) in [5.74, 6) is 0. The number of thiophene rings is 1. The van der Waals surface area contributed by atoms with Gasteiger partial charge in [0.2, 0.25) is 0 Å². The molecule has 1 aliphatic rings. The molecule has 84 valence electrons. The van der Waals surface area contributed by atoms with E-state index >= 15 is 0 Å². The van der Waals surface area contributed by atoms with Gasteiger partial charge in [-0.15, -0.1) is 11.3 Å². The Morgan fingerprint density at radius 2 is 1.80 bits per heavy atom. The smallest absolute Gasteiger partial charge is 0.206 e. The lowest BCUT2D eigenvalue weighted by atomic mass is 10.2. The molecule has 1 aromatic heterocycles. The topological polar surface area (TPSA) is 37.4 Å². The van der Waals surface area contributed by atoms with Crippen molar-refractivity contribution in [3.8, 4) is 0 Å². The van der Waals surface area contributed by atoms with E-state index in [1.54, 1.807) is 16.4 Å². The number of hydrogen-bond acceptors (Lipinski definition) is 3. The number of rotatable bonds is 2. The van der Waals surface area contributed by atoms with Crippen molar-refractivity contribution >= 4 is 21.4 Å². The third-order valence-corrected chi connectivity index (χ3v) is 5.93. The van der Waals surface area contributed by atoms with E-state index in [1.807, 2.05) is 5.38 Å². The molecule has 0 spiro atoms. The zero-order valence-electron chi connectivity index (χ0n) is 8.55. The molecule has 0 bridgehead atoms. The Labute approximate surface area is 94.8 Å². The van der Waals surface area contributed by atoms with Crippen LogP contribution >= 0.6 is 11.3 Å². The van der Waals surface area contributed by atoms with E-state index in [-0.39, 0.29) is 0 Å². The monoisotopic (exact) mass is 245 g/mol. The van der Waals surface area contributed by atoms with E-state index in [2.05, 4.69) is 0 Å². The molecule has 1 saturated heterocycles. The van der Waals surface area contributed by atoms with Crippen molar-refractivity contribution in [2.45, 2.75) is 29.9 Å². The zero-order chi connectivity index (χ0) is 10.7. The molecular formula is C10H15NO2S2. The Morgan fingerprint density at radius 3 is 2.33 bits per heavy atom. The average Bonchev–Trinajstić information content (AvgIpc) is 2.61. The van der Waals surface area contributed by atoms with Crippen molar-refractivity contribution in [2.75, 3.05) is 13.1 Å². The van der Waals surface area contributed by atoms with Gasteiger partial charge in [0, 0.05) is 13.1 Å².